The lowest BCUT2D eigenvalue weighted by Gasteiger charge is -2.26. The van der Waals surface area contributed by atoms with Crippen molar-refractivity contribution >= 4 is 27.7 Å². The molecule has 1 saturated heterocycles. The summed E-state index contributed by atoms with van der Waals surface area (Å²) in [7, 11) is -3.81. The van der Waals surface area contributed by atoms with Gasteiger partial charge in [0.25, 0.3) is 0 Å². The van der Waals surface area contributed by atoms with Crippen molar-refractivity contribution in [3.05, 3.63) is 48.5 Å². The number of nitrogens with one attached hydrogen (secondary N) is 1. The predicted molar refractivity (Wildman–Crippen MR) is 142 cm³/mol. The molecular formula is C25H28F3N5O5S2. The molecule has 216 valence electrons. The van der Waals surface area contributed by atoms with Gasteiger partial charge in [0.1, 0.15) is 5.75 Å². The Morgan fingerprint density at radius 3 is 2.38 bits per heavy atom. The molecule has 0 aliphatic carbocycles. The van der Waals surface area contributed by atoms with Gasteiger partial charge in [0.15, 0.2) is 11.0 Å². The third-order valence-electron chi connectivity index (χ3n) is 5.51. The Balaban J connectivity index is 1.71. The van der Waals surface area contributed by atoms with Gasteiger partial charge in [0, 0.05) is 29.9 Å². The minimum atomic E-state index is -4.85. The number of carbonyl (C=O) groups is 1. The van der Waals surface area contributed by atoms with Crippen molar-refractivity contribution in [3.63, 3.8) is 0 Å². The molecule has 2 heterocycles. The Hall–Kier alpha value is -3.14. The van der Waals surface area contributed by atoms with Crippen LogP contribution in [0.5, 0.6) is 5.75 Å². The van der Waals surface area contributed by atoms with Gasteiger partial charge in [-0.3, -0.25) is 9.36 Å². The Bertz CT molecular complexity index is 1450. The van der Waals surface area contributed by atoms with Crippen LogP contribution in [0.4, 0.5) is 13.2 Å². The number of amides is 1. The van der Waals surface area contributed by atoms with E-state index in [-0.39, 0.29) is 40.6 Å². The minimum Gasteiger partial charge on any atom is -0.406 e. The van der Waals surface area contributed by atoms with Gasteiger partial charge in [-0.15, -0.1) is 23.4 Å². The third-order valence-corrected chi connectivity index (χ3v) is 8.33. The van der Waals surface area contributed by atoms with Crippen LogP contribution in [0.3, 0.4) is 0 Å². The molecule has 0 bridgehead atoms. The first kappa shape index (κ1) is 29.8. The van der Waals surface area contributed by atoms with Crippen LogP contribution < -0.4 is 10.1 Å². The van der Waals surface area contributed by atoms with Crippen molar-refractivity contribution in [1.82, 2.24) is 24.4 Å². The SMILES string of the molecule is CC(C)(C)NC(=O)CSc1nnc(-c2cccc(S(=O)(=O)N3CCOCC3)c2)n1-c1ccc(OC(F)(F)F)cc1. The van der Waals surface area contributed by atoms with Crippen LogP contribution in [0.15, 0.2) is 58.6 Å². The van der Waals surface area contributed by atoms with E-state index in [0.717, 1.165) is 23.9 Å². The average Bonchev–Trinajstić information content (AvgIpc) is 3.31. The van der Waals surface area contributed by atoms with Gasteiger partial charge in [-0.2, -0.15) is 4.31 Å². The summed E-state index contributed by atoms with van der Waals surface area (Å²) >= 11 is 1.08. The second-order valence-electron chi connectivity index (χ2n) is 9.81. The summed E-state index contributed by atoms with van der Waals surface area (Å²) in [5.74, 6) is -0.428. The minimum absolute atomic E-state index is 0.00385. The summed E-state index contributed by atoms with van der Waals surface area (Å²) in [6.45, 7) is 6.59. The van der Waals surface area contributed by atoms with E-state index < -0.39 is 27.7 Å². The fourth-order valence-corrected chi connectivity index (χ4v) is 6.10. The molecule has 0 spiro atoms. The molecular weight excluding hydrogens is 571 g/mol. The summed E-state index contributed by atoms with van der Waals surface area (Å²) in [5, 5.41) is 11.6. The Kier molecular flexibility index (Phi) is 8.77. The number of benzene rings is 2. The van der Waals surface area contributed by atoms with Gasteiger partial charge < -0.3 is 14.8 Å². The summed E-state index contributed by atoms with van der Waals surface area (Å²) in [6.07, 6.45) is -4.85. The van der Waals surface area contributed by atoms with E-state index in [9.17, 15) is 26.4 Å². The second-order valence-corrected chi connectivity index (χ2v) is 12.7. The number of alkyl halides is 3. The van der Waals surface area contributed by atoms with Crippen LogP contribution in [0.25, 0.3) is 17.1 Å². The highest BCUT2D eigenvalue weighted by Gasteiger charge is 2.31. The first-order valence-corrected chi connectivity index (χ1v) is 14.6. The maximum atomic E-state index is 13.2. The van der Waals surface area contributed by atoms with Crippen LogP contribution >= 0.6 is 11.8 Å². The molecule has 1 aromatic heterocycles. The normalized spacial score (nSPS) is 15.2. The number of hydrogen-bond donors (Lipinski definition) is 1. The zero-order valence-electron chi connectivity index (χ0n) is 21.9. The lowest BCUT2D eigenvalue weighted by molar-refractivity contribution is -0.274. The molecule has 15 heteroatoms. The van der Waals surface area contributed by atoms with Crippen LogP contribution in [-0.4, -0.2) is 77.4 Å². The summed E-state index contributed by atoms with van der Waals surface area (Å²) in [4.78, 5) is 12.5. The van der Waals surface area contributed by atoms with E-state index in [1.54, 1.807) is 16.7 Å². The standard InChI is InChI=1S/C25H28F3N5O5S2/c1-24(2,3)29-21(34)16-39-23-31-30-22(33(23)18-7-9-19(10-8-18)38-25(26,27)28)17-5-4-6-20(15-17)40(35,36)32-11-13-37-14-12-32/h4-10,15H,11-14,16H2,1-3H3,(H,29,34). The van der Waals surface area contributed by atoms with Crippen molar-refractivity contribution in [2.75, 3.05) is 32.1 Å². The molecule has 1 amide bonds. The van der Waals surface area contributed by atoms with E-state index in [1.807, 2.05) is 20.8 Å². The number of ether oxygens (including phenoxy) is 2. The van der Waals surface area contributed by atoms with Crippen molar-refractivity contribution in [2.45, 2.75) is 42.7 Å². The molecule has 1 aliphatic rings. The van der Waals surface area contributed by atoms with Gasteiger partial charge in [0.2, 0.25) is 15.9 Å². The quantitative estimate of drug-likeness (QED) is 0.388. The number of halogens is 3. The molecule has 4 rings (SSSR count). The van der Waals surface area contributed by atoms with Gasteiger partial charge in [0.05, 0.1) is 23.9 Å². The number of hydrogen-bond acceptors (Lipinski definition) is 8. The van der Waals surface area contributed by atoms with E-state index >= 15 is 0 Å². The average molecular weight is 600 g/mol. The lowest BCUT2D eigenvalue weighted by atomic mass is 10.1. The Morgan fingerprint density at radius 2 is 1.75 bits per heavy atom. The monoisotopic (exact) mass is 599 g/mol. The fraction of sp³-hybridized carbons (Fsp3) is 0.400. The smallest absolute Gasteiger partial charge is 0.406 e. The largest absolute Gasteiger partial charge is 0.573 e. The van der Waals surface area contributed by atoms with Gasteiger partial charge >= 0.3 is 6.36 Å². The maximum Gasteiger partial charge on any atom is 0.573 e. The van der Waals surface area contributed by atoms with E-state index in [1.165, 1.54) is 28.6 Å². The lowest BCUT2D eigenvalue weighted by Crippen LogP contribution is -2.41. The molecule has 0 unspecified atom stereocenters. The van der Waals surface area contributed by atoms with Gasteiger partial charge in [-0.25, -0.2) is 8.42 Å². The topological polar surface area (TPSA) is 116 Å². The van der Waals surface area contributed by atoms with Gasteiger partial charge in [-0.05, 0) is 57.2 Å². The fourth-order valence-electron chi connectivity index (χ4n) is 3.90. The number of rotatable bonds is 8. The van der Waals surface area contributed by atoms with Crippen LogP contribution in [-0.2, 0) is 19.6 Å². The van der Waals surface area contributed by atoms with Crippen molar-refractivity contribution in [3.8, 4) is 22.8 Å². The zero-order chi connectivity index (χ0) is 29.1. The molecule has 3 aromatic rings. The van der Waals surface area contributed by atoms with Crippen LogP contribution in [0, 0.1) is 0 Å². The molecule has 0 saturated carbocycles. The molecule has 10 nitrogen and oxygen atoms in total. The summed E-state index contributed by atoms with van der Waals surface area (Å²) < 4.78 is 76.7. The molecule has 1 N–H and O–H groups in total. The maximum absolute atomic E-state index is 13.2. The number of aromatic nitrogens is 3. The van der Waals surface area contributed by atoms with Crippen molar-refractivity contribution < 1.29 is 35.9 Å². The Morgan fingerprint density at radius 1 is 1.07 bits per heavy atom. The van der Waals surface area contributed by atoms with E-state index in [0.29, 0.717) is 24.5 Å². The Labute approximate surface area is 233 Å². The highest BCUT2D eigenvalue weighted by molar-refractivity contribution is 7.99. The third kappa shape index (κ3) is 7.53. The zero-order valence-corrected chi connectivity index (χ0v) is 23.6. The van der Waals surface area contributed by atoms with Crippen molar-refractivity contribution in [1.29, 1.82) is 0 Å². The first-order chi connectivity index (χ1) is 18.7. The first-order valence-electron chi connectivity index (χ1n) is 12.2. The number of nitrogens with zero attached hydrogens (tertiary/aromatic N) is 4. The highest BCUT2D eigenvalue weighted by atomic mass is 32.2. The number of thioether (sulfide) groups is 1. The second kappa shape index (κ2) is 11.8. The number of carbonyl (C=O) groups excluding carboxylic acids is 1. The van der Waals surface area contributed by atoms with Gasteiger partial charge in [-0.1, -0.05) is 23.9 Å². The van der Waals surface area contributed by atoms with Crippen molar-refractivity contribution in [2.24, 2.45) is 0 Å². The number of sulfonamides is 1. The molecule has 1 fully saturated rings. The van der Waals surface area contributed by atoms with E-state index in [2.05, 4.69) is 20.3 Å². The molecule has 0 radical (unpaired) electrons. The molecule has 1 aliphatic heterocycles. The van der Waals surface area contributed by atoms with Crippen LogP contribution in [0.1, 0.15) is 20.8 Å². The predicted octanol–water partition coefficient (Wildman–Crippen LogP) is 3.86. The summed E-state index contributed by atoms with van der Waals surface area (Å²) in [5.41, 5.74) is 0.343. The highest BCUT2D eigenvalue weighted by Crippen LogP contribution is 2.31. The molecule has 0 atom stereocenters. The van der Waals surface area contributed by atoms with Crippen LogP contribution in [0.2, 0.25) is 0 Å². The molecule has 2 aromatic carbocycles. The summed E-state index contributed by atoms with van der Waals surface area (Å²) in [6, 6.07) is 11.2. The molecule has 40 heavy (non-hydrogen) atoms. The number of morpholine rings is 1. The van der Waals surface area contributed by atoms with E-state index in [4.69, 9.17) is 4.74 Å².